The molecule has 2 aromatic rings. The van der Waals surface area contributed by atoms with Gasteiger partial charge in [-0.15, -0.1) is 0 Å². The Morgan fingerprint density at radius 3 is 2.75 bits per heavy atom. The van der Waals surface area contributed by atoms with E-state index >= 15 is 0 Å². The summed E-state index contributed by atoms with van der Waals surface area (Å²) in [6, 6.07) is 5.01. The zero-order valence-corrected chi connectivity index (χ0v) is 10.4. The predicted molar refractivity (Wildman–Crippen MR) is 67.1 cm³/mol. The van der Waals surface area contributed by atoms with Crippen LogP contribution in [0.1, 0.15) is 11.3 Å². The smallest absolute Gasteiger partial charge is 0.305 e. The highest BCUT2D eigenvalue weighted by Crippen LogP contribution is 2.21. The fourth-order valence-corrected chi connectivity index (χ4v) is 1.75. The van der Waals surface area contributed by atoms with Gasteiger partial charge in [0, 0.05) is 37.2 Å². The third-order valence-corrected chi connectivity index (χ3v) is 2.76. The van der Waals surface area contributed by atoms with Gasteiger partial charge < -0.3 is 9.73 Å². The molecule has 0 saturated heterocycles. The fraction of sp³-hybridized carbons (Fsp3) is 0.231. The van der Waals surface area contributed by atoms with Gasteiger partial charge in [-0.25, -0.2) is 4.39 Å². The first-order valence-corrected chi connectivity index (χ1v) is 5.93. The third kappa shape index (κ3) is 3.39. The number of nitro groups is 1. The van der Waals surface area contributed by atoms with E-state index in [-0.39, 0.29) is 12.1 Å². The molecular weight excluding hydrogens is 270 g/mol. The van der Waals surface area contributed by atoms with Crippen molar-refractivity contribution in [1.82, 2.24) is 5.32 Å². The van der Waals surface area contributed by atoms with Gasteiger partial charge in [0.15, 0.2) is 0 Å². The minimum Gasteiger partial charge on any atom is -0.469 e. The Labute approximate surface area is 113 Å². The molecule has 5 nitrogen and oxygen atoms in total. The molecule has 106 valence electrons. The van der Waals surface area contributed by atoms with Gasteiger partial charge in [-0.3, -0.25) is 10.1 Å². The van der Waals surface area contributed by atoms with Crippen molar-refractivity contribution in [2.75, 3.05) is 6.54 Å². The van der Waals surface area contributed by atoms with Crippen molar-refractivity contribution in [1.29, 1.82) is 0 Å². The van der Waals surface area contributed by atoms with Crippen LogP contribution in [0.2, 0.25) is 0 Å². The second-order valence-electron chi connectivity index (χ2n) is 4.16. The number of benzene rings is 1. The Morgan fingerprint density at radius 2 is 2.10 bits per heavy atom. The number of rotatable bonds is 6. The quantitative estimate of drug-likeness (QED) is 0.502. The Bertz CT molecular complexity index is 600. The van der Waals surface area contributed by atoms with E-state index in [1.165, 1.54) is 0 Å². The van der Waals surface area contributed by atoms with Crippen LogP contribution in [0.4, 0.5) is 14.5 Å². The van der Waals surface area contributed by atoms with E-state index in [0.717, 1.165) is 11.8 Å². The molecule has 0 radical (unpaired) electrons. The van der Waals surface area contributed by atoms with Gasteiger partial charge >= 0.3 is 5.69 Å². The largest absolute Gasteiger partial charge is 0.469 e. The molecular formula is C13H12F2N2O3. The number of hydrogen-bond donors (Lipinski definition) is 1. The zero-order chi connectivity index (χ0) is 14.5. The van der Waals surface area contributed by atoms with Crippen LogP contribution in [0.3, 0.4) is 0 Å². The van der Waals surface area contributed by atoms with E-state index < -0.39 is 22.2 Å². The number of nitrogens with one attached hydrogen (secondary N) is 1. The van der Waals surface area contributed by atoms with E-state index in [1.54, 1.807) is 12.3 Å². The highest BCUT2D eigenvalue weighted by molar-refractivity contribution is 5.37. The lowest BCUT2D eigenvalue weighted by Crippen LogP contribution is -2.17. The van der Waals surface area contributed by atoms with Gasteiger partial charge in [-0.2, -0.15) is 4.39 Å². The summed E-state index contributed by atoms with van der Waals surface area (Å²) in [5.74, 6) is -1.20. The number of nitrogens with zero attached hydrogens (tertiary/aromatic N) is 1. The van der Waals surface area contributed by atoms with E-state index in [9.17, 15) is 18.9 Å². The van der Waals surface area contributed by atoms with Crippen molar-refractivity contribution in [2.45, 2.75) is 13.0 Å². The van der Waals surface area contributed by atoms with Gasteiger partial charge in [-0.1, -0.05) is 0 Å². The number of halogens is 2. The van der Waals surface area contributed by atoms with Crippen LogP contribution in [0.25, 0.3) is 0 Å². The summed E-state index contributed by atoms with van der Waals surface area (Å²) >= 11 is 0. The summed E-state index contributed by atoms with van der Waals surface area (Å²) in [6.45, 7) is 0.589. The van der Waals surface area contributed by atoms with Gasteiger partial charge in [0.2, 0.25) is 5.82 Å². The highest BCUT2D eigenvalue weighted by atomic mass is 19.1. The molecule has 0 bridgehead atoms. The standard InChI is InChI=1S/C13H12F2N2O3/c14-11-7-12(15)13(17(18)19)6-9(11)8-16-4-3-10-2-1-5-20-10/h1-2,5-7,16H,3-4,8H2. The lowest BCUT2D eigenvalue weighted by molar-refractivity contribution is -0.387. The molecule has 0 aliphatic rings. The number of nitro benzene ring substituents is 1. The van der Waals surface area contributed by atoms with Crippen LogP contribution in [-0.2, 0) is 13.0 Å². The van der Waals surface area contributed by atoms with Gasteiger partial charge in [0.25, 0.3) is 0 Å². The molecule has 20 heavy (non-hydrogen) atoms. The molecule has 0 saturated carbocycles. The summed E-state index contributed by atoms with van der Waals surface area (Å²) < 4.78 is 31.7. The van der Waals surface area contributed by atoms with Crippen molar-refractivity contribution in [2.24, 2.45) is 0 Å². The molecule has 0 fully saturated rings. The number of furan rings is 1. The monoisotopic (exact) mass is 282 g/mol. The average Bonchev–Trinajstić information content (AvgIpc) is 2.89. The Balaban J connectivity index is 1.95. The average molecular weight is 282 g/mol. The zero-order valence-electron chi connectivity index (χ0n) is 10.4. The summed E-state index contributed by atoms with van der Waals surface area (Å²) in [7, 11) is 0. The van der Waals surface area contributed by atoms with Crippen molar-refractivity contribution in [3.05, 3.63) is 63.6 Å². The molecule has 0 aliphatic carbocycles. The van der Waals surface area contributed by atoms with Crippen molar-refractivity contribution in [3.8, 4) is 0 Å². The van der Waals surface area contributed by atoms with Crippen LogP contribution in [0, 0.1) is 21.7 Å². The van der Waals surface area contributed by atoms with Crippen LogP contribution in [-0.4, -0.2) is 11.5 Å². The van der Waals surface area contributed by atoms with Gasteiger partial charge in [-0.05, 0) is 12.1 Å². The van der Waals surface area contributed by atoms with Crippen molar-refractivity contribution >= 4 is 5.69 Å². The maximum absolute atomic E-state index is 13.5. The van der Waals surface area contributed by atoms with Crippen LogP contribution >= 0.6 is 0 Å². The van der Waals surface area contributed by atoms with E-state index in [1.807, 2.05) is 6.07 Å². The molecule has 0 aliphatic heterocycles. The second kappa shape index (κ2) is 6.25. The molecule has 0 atom stereocenters. The first-order chi connectivity index (χ1) is 9.58. The molecule has 0 amide bonds. The van der Waals surface area contributed by atoms with Crippen molar-refractivity contribution in [3.63, 3.8) is 0 Å². The maximum Gasteiger partial charge on any atom is 0.305 e. The molecule has 1 aromatic heterocycles. The van der Waals surface area contributed by atoms with Crippen LogP contribution in [0.15, 0.2) is 34.9 Å². The topological polar surface area (TPSA) is 68.3 Å². The predicted octanol–water partition coefficient (Wildman–Crippen LogP) is 2.80. The highest BCUT2D eigenvalue weighted by Gasteiger charge is 2.18. The molecule has 1 heterocycles. The fourth-order valence-electron chi connectivity index (χ4n) is 1.75. The summed E-state index contributed by atoms with van der Waals surface area (Å²) in [5, 5.41) is 13.5. The minimum absolute atomic E-state index is 0.0533. The van der Waals surface area contributed by atoms with Crippen LogP contribution in [0.5, 0.6) is 0 Å². The Kier molecular flexibility index (Phi) is 4.41. The summed E-state index contributed by atoms with van der Waals surface area (Å²) in [4.78, 5) is 9.71. The Morgan fingerprint density at radius 1 is 1.30 bits per heavy atom. The van der Waals surface area contributed by atoms with Crippen LogP contribution < -0.4 is 5.32 Å². The molecule has 0 spiro atoms. The first-order valence-electron chi connectivity index (χ1n) is 5.93. The Hall–Kier alpha value is -2.28. The number of hydrogen-bond acceptors (Lipinski definition) is 4. The molecule has 0 unspecified atom stereocenters. The van der Waals surface area contributed by atoms with Crippen molar-refractivity contribution < 1.29 is 18.1 Å². The molecule has 7 heteroatoms. The summed E-state index contributed by atoms with van der Waals surface area (Å²) in [6.07, 6.45) is 2.16. The van der Waals surface area contributed by atoms with Gasteiger partial charge in [0.05, 0.1) is 11.2 Å². The molecule has 1 N–H and O–H groups in total. The third-order valence-electron chi connectivity index (χ3n) is 2.76. The normalized spacial score (nSPS) is 10.7. The SMILES string of the molecule is O=[N+]([O-])c1cc(CNCCc2ccco2)c(F)cc1F. The van der Waals surface area contributed by atoms with E-state index in [2.05, 4.69) is 5.32 Å². The maximum atomic E-state index is 13.5. The van der Waals surface area contributed by atoms with E-state index in [4.69, 9.17) is 4.42 Å². The lowest BCUT2D eigenvalue weighted by Gasteiger charge is -2.05. The minimum atomic E-state index is -1.17. The first kappa shape index (κ1) is 14.1. The lowest BCUT2D eigenvalue weighted by atomic mass is 10.1. The molecule has 2 rings (SSSR count). The van der Waals surface area contributed by atoms with Gasteiger partial charge in [0.1, 0.15) is 11.6 Å². The van der Waals surface area contributed by atoms with E-state index in [0.29, 0.717) is 19.0 Å². The summed E-state index contributed by atoms with van der Waals surface area (Å²) in [5.41, 5.74) is -0.674. The molecule has 1 aromatic carbocycles. The second-order valence-corrected chi connectivity index (χ2v) is 4.16.